The second-order valence-corrected chi connectivity index (χ2v) is 11.5. The van der Waals surface area contributed by atoms with Gasteiger partial charge in [0.25, 0.3) is 11.8 Å². The Bertz CT molecular complexity index is 1640. The molecule has 4 aromatic rings. The van der Waals surface area contributed by atoms with Gasteiger partial charge >= 0.3 is 0 Å². The van der Waals surface area contributed by atoms with Crippen LogP contribution in [0.1, 0.15) is 54.3 Å². The van der Waals surface area contributed by atoms with Crippen molar-refractivity contribution in [3.8, 4) is 0 Å². The fourth-order valence-electron chi connectivity index (χ4n) is 6.15. The average molecular weight is 535 g/mol. The summed E-state index contributed by atoms with van der Waals surface area (Å²) in [5.41, 5.74) is 6.22. The van der Waals surface area contributed by atoms with Crippen LogP contribution in [0, 0.1) is 17.0 Å². The zero-order valence-electron chi connectivity index (χ0n) is 21.7. The Hall–Kier alpha value is -4.28. The summed E-state index contributed by atoms with van der Waals surface area (Å²) in [4.78, 5) is 50.8. The molecule has 9 nitrogen and oxygen atoms in total. The first-order chi connectivity index (χ1) is 18.4. The minimum Gasteiger partial charge on any atom is -0.364 e. The Balaban J connectivity index is 1.32. The van der Waals surface area contributed by atoms with Crippen LogP contribution in [0.25, 0.3) is 21.9 Å². The number of nitrogens with one attached hydrogen (secondary N) is 1. The van der Waals surface area contributed by atoms with Gasteiger partial charge in [-0.05, 0) is 36.1 Å². The Morgan fingerprint density at radius 1 is 1.05 bits per heavy atom. The van der Waals surface area contributed by atoms with Gasteiger partial charge in [0, 0.05) is 24.5 Å². The fourth-order valence-corrected chi connectivity index (χ4v) is 6.15. The van der Waals surface area contributed by atoms with Crippen LogP contribution in [-0.4, -0.2) is 67.2 Å². The number of piperazine rings is 1. The van der Waals surface area contributed by atoms with Gasteiger partial charge in [0.2, 0.25) is 5.91 Å². The predicted molar refractivity (Wildman–Crippen MR) is 140 cm³/mol. The van der Waals surface area contributed by atoms with Crippen molar-refractivity contribution >= 4 is 39.7 Å². The molecule has 2 aromatic carbocycles. The number of rotatable bonds is 4. The average Bonchev–Trinajstić information content (AvgIpc) is 3.63. The first-order valence-corrected chi connectivity index (χ1v) is 12.8. The van der Waals surface area contributed by atoms with Crippen LogP contribution in [0.3, 0.4) is 0 Å². The number of amides is 3. The standard InChI is InChI=1S/C28H28F2N6O3/c1-28(2,3)23(36-21(24(31)37)9-14-8-15(29)10-18(30)22(14)36)26(38)34-12-17-11-16(34)13-35(17)27(39)25-32-19-6-4-5-7-20(19)33-25/h4-10,16-17,23H,11-13H2,1-3H3,(H2,31,37)(H,32,33)/t16-,17-,23+/m0/s1. The van der Waals surface area contributed by atoms with Crippen LogP contribution in [0.4, 0.5) is 8.78 Å². The summed E-state index contributed by atoms with van der Waals surface area (Å²) in [7, 11) is 0. The molecule has 3 amide bonds. The molecule has 0 saturated carbocycles. The maximum Gasteiger partial charge on any atom is 0.290 e. The molecule has 3 N–H and O–H groups in total. The molecule has 2 fully saturated rings. The number of hydrogen-bond donors (Lipinski definition) is 2. The third-order valence-electron chi connectivity index (χ3n) is 7.79. The van der Waals surface area contributed by atoms with Gasteiger partial charge in [-0.2, -0.15) is 0 Å². The second-order valence-electron chi connectivity index (χ2n) is 11.5. The number of likely N-dealkylation sites (tertiary alicyclic amines) is 2. The highest BCUT2D eigenvalue weighted by Gasteiger charge is 2.51. The van der Waals surface area contributed by atoms with E-state index in [1.807, 2.05) is 45.0 Å². The molecule has 202 valence electrons. The molecule has 0 spiro atoms. The highest BCUT2D eigenvalue weighted by Crippen LogP contribution is 2.41. The zero-order chi connectivity index (χ0) is 27.8. The summed E-state index contributed by atoms with van der Waals surface area (Å²) < 4.78 is 30.4. The lowest BCUT2D eigenvalue weighted by atomic mass is 9.85. The number of aromatic nitrogens is 3. The van der Waals surface area contributed by atoms with Crippen LogP contribution in [0.15, 0.2) is 42.5 Å². The third-order valence-corrected chi connectivity index (χ3v) is 7.79. The number of imidazole rings is 1. The number of nitrogens with zero attached hydrogens (tertiary/aromatic N) is 4. The van der Waals surface area contributed by atoms with Crippen molar-refractivity contribution in [1.29, 1.82) is 0 Å². The lowest BCUT2D eigenvalue weighted by molar-refractivity contribution is -0.140. The van der Waals surface area contributed by atoms with Crippen molar-refractivity contribution < 1.29 is 23.2 Å². The molecule has 3 atom stereocenters. The van der Waals surface area contributed by atoms with Crippen LogP contribution in [0.2, 0.25) is 0 Å². The summed E-state index contributed by atoms with van der Waals surface area (Å²) >= 11 is 0. The van der Waals surface area contributed by atoms with Gasteiger partial charge in [0.1, 0.15) is 23.4 Å². The summed E-state index contributed by atoms with van der Waals surface area (Å²) in [5, 5.41) is 0.147. The molecular formula is C28H28F2N6O3. The van der Waals surface area contributed by atoms with Gasteiger partial charge in [0.05, 0.1) is 28.6 Å². The topological polar surface area (TPSA) is 117 Å². The van der Waals surface area contributed by atoms with E-state index < -0.39 is 29.0 Å². The molecule has 39 heavy (non-hydrogen) atoms. The van der Waals surface area contributed by atoms with E-state index >= 15 is 4.39 Å². The number of fused-ring (bicyclic) bond motifs is 4. The predicted octanol–water partition coefficient (Wildman–Crippen LogP) is 3.61. The number of H-pyrrole nitrogens is 1. The monoisotopic (exact) mass is 534 g/mol. The van der Waals surface area contributed by atoms with E-state index in [0.717, 1.165) is 17.6 Å². The molecule has 2 saturated heterocycles. The number of carbonyl (C=O) groups is 3. The molecule has 0 radical (unpaired) electrons. The minimum atomic E-state index is -1.00. The number of halogens is 2. The lowest BCUT2D eigenvalue weighted by Crippen LogP contribution is -2.53. The van der Waals surface area contributed by atoms with Gasteiger partial charge in [0.15, 0.2) is 5.82 Å². The Kier molecular flexibility index (Phi) is 5.53. The SMILES string of the molecule is CC(C)(C)[C@@H](C(=O)N1C[C@@H]2C[C@H]1CN2C(=O)c1nc2ccccc2[nH]1)n1c(C(N)=O)cc2cc(F)cc(F)c21. The molecule has 2 aliphatic rings. The minimum absolute atomic E-state index is 0.0514. The first-order valence-electron chi connectivity index (χ1n) is 12.8. The largest absolute Gasteiger partial charge is 0.364 e. The van der Waals surface area contributed by atoms with Crippen LogP contribution < -0.4 is 5.73 Å². The van der Waals surface area contributed by atoms with Crippen LogP contribution in [-0.2, 0) is 4.79 Å². The van der Waals surface area contributed by atoms with Crippen molar-refractivity contribution in [3.05, 3.63) is 65.6 Å². The summed E-state index contributed by atoms with van der Waals surface area (Å²) in [6.45, 7) is 6.08. The summed E-state index contributed by atoms with van der Waals surface area (Å²) in [6.07, 6.45) is 0.600. The molecular weight excluding hydrogens is 506 g/mol. The number of nitrogens with two attached hydrogens (primary N) is 1. The maximum absolute atomic E-state index is 15.1. The van der Waals surface area contributed by atoms with Crippen LogP contribution in [0.5, 0.6) is 0 Å². The van der Waals surface area contributed by atoms with E-state index in [0.29, 0.717) is 25.0 Å². The molecule has 11 heteroatoms. The molecule has 4 heterocycles. The third kappa shape index (κ3) is 3.95. The number of carbonyl (C=O) groups excluding carboxylic acids is 3. The van der Waals surface area contributed by atoms with E-state index in [9.17, 15) is 18.8 Å². The van der Waals surface area contributed by atoms with Crippen molar-refractivity contribution in [2.75, 3.05) is 13.1 Å². The number of hydrogen-bond acceptors (Lipinski definition) is 4. The van der Waals surface area contributed by atoms with E-state index in [2.05, 4.69) is 9.97 Å². The van der Waals surface area contributed by atoms with E-state index in [-0.39, 0.29) is 46.3 Å². The van der Waals surface area contributed by atoms with E-state index in [1.165, 1.54) is 10.6 Å². The number of primary amides is 1. The fraction of sp³-hybridized carbons (Fsp3) is 0.357. The molecule has 2 aliphatic heterocycles. The maximum atomic E-state index is 15.1. The second kappa shape index (κ2) is 8.62. The summed E-state index contributed by atoms with van der Waals surface area (Å²) in [5.74, 6) is -2.81. The van der Waals surface area contributed by atoms with Crippen molar-refractivity contribution in [3.63, 3.8) is 0 Å². The molecule has 6 rings (SSSR count). The van der Waals surface area contributed by atoms with E-state index in [1.54, 1.807) is 9.80 Å². The van der Waals surface area contributed by atoms with Gasteiger partial charge in [-0.3, -0.25) is 14.4 Å². The lowest BCUT2D eigenvalue weighted by Gasteiger charge is -2.40. The van der Waals surface area contributed by atoms with Crippen molar-refractivity contribution in [2.45, 2.75) is 45.3 Å². The Morgan fingerprint density at radius 2 is 1.74 bits per heavy atom. The quantitative estimate of drug-likeness (QED) is 0.416. The van der Waals surface area contributed by atoms with Crippen LogP contribution >= 0.6 is 0 Å². The molecule has 2 bridgehead atoms. The van der Waals surface area contributed by atoms with Gasteiger partial charge < -0.3 is 25.1 Å². The molecule has 0 aliphatic carbocycles. The number of para-hydroxylation sites is 2. The van der Waals surface area contributed by atoms with Crippen molar-refractivity contribution in [2.24, 2.45) is 11.1 Å². The highest BCUT2D eigenvalue weighted by molar-refractivity contribution is 6.00. The number of aromatic amines is 1. The Labute approximate surface area is 222 Å². The van der Waals surface area contributed by atoms with Crippen molar-refractivity contribution in [1.82, 2.24) is 24.3 Å². The summed E-state index contributed by atoms with van der Waals surface area (Å²) in [6, 6.07) is 9.10. The van der Waals surface area contributed by atoms with Gasteiger partial charge in [-0.15, -0.1) is 0 Å². The smallest absolute Gasteiger partial charge is 0.290 e. The molecule has 2 aromatic heterocycles. The zero-order valence-corrected chi connectivity index (χ0v) is 21.7. The Morgan fingerprint density at radius 3 is 2.38 bits per heavy atom. The highest BCUT2D eigenvalue weighted by atomic mass is 19.1. The molecule has 0 unspecified atom stereocenters. The van der Waals surface area contributed by atoms with E-state index in [4.69, 9.17) is 5.73 Å². The number of benzene rings is 2. The first kappa shape index (κ1) is 25.0. The van der Waals surface area contributed by atoms with Gasteiger partial charge in [-0.1, -0.05) is 32.9 Å². The normalized spacial score (nSPS) is 19.8. The van der Waals surface area contributed by atoms with Gasteiger partial charge in [-0.25, -0.2) is 13.8 Å².